The van der Waals surface area contributed by atoms with Gasteiger partial charge in [0.05, 0.1) is 6.08 Å². The normalized spacial score (nSPS) is 30.2. The fourth-order valence-electron chi connectivity index (χ4n) is 1.34. The van der Waals surface area contributed by atoms with Gasteiger partial charge in [-0.15, -0.1) is 0 Å². The van der Waals surface area contributed by atoms with E-state index in [-0.39, 0.29) is 11.9 Å². The lowest BCUT2D eigenvalue weighted by atomic mass is 9.99. The zero-order chi connectivity index (χ0) is 10.1. The Labute approximate surface area is 78.7 Å². The van der Waals surface area contributed by atoms with Gasteiger partial charge in [0.2, 0.25) is 0 Å². The Kier molecular flexibility index (Phi) is 2.64. The van der Waals surface area contributed by atoms with Crippen LogP contribution in [0.2, 0.25) is 0 Å². The summed E-state index contributed by atoms with van der Waals surface area (Å²) in [4.78, 5) is 11.1. The summed E-state index contributed by atoms with van der Waals surface area (Å²) in [7, 11) is 0. The minimum Gasteiger partial charge on any atom is -0.457 e. The molecule has 0 radical (unpaired) electrons. The lowest BCUT2D eigenvalue weighted by molar-refractivity contribution is -0.233. The van der Waals surface area contributed by atoms with E-state index >= 15 is 0 Å². The molecular formula is C10H16O3. The zero-order valence-electron chi connectivity index (χ0n) is 8.59. The Morgan fingerprint density at radius 3 is 2.62 bits per heavy atom. The van der Waals surface area contributed by atoms with Gasteiger partial charge in [0.1, 0.15) is 5.76 Å². The van der Waals surface area contributed by atoms with Crippen molar-refractivity contribution in [1.29, 1.82) is 0 Å². The van der Waals surface area contributed by atoms with E-state index in [1.54, 1.807) is 13.8 Å². The molecule has 74 valence electrons. The first-order valence-corrected chi connectivity index (χ1v) is 4.58. The van der Waals surface area contributed by atoms with Crippen LogP contribution in [0.5, 0.6) is 0 Å². The van der Waals surface area contributed by atoms with Crippen molar-refractivity contribution in [1.82, 2.24) is 0 Å². The van der Waals surface area contributed by atoms with Crippen LogP contribution in [-0.4, -0.2) is 11.8 Å². The maximum absolute atomic E-state index is 11.1. The van der Waals surface area contributed by atoms with Gasteiger partial charge in [0.15, 0.2) is 0 Å². The van der Waals surface area contributed by atoms with Crippen LogP contribution < -0.4 is 0 Å². The van der Waals surface area contributed by atoms with Crippen molar-refractivity contribution in [2.45, 2.75) is 39.9 Å². The topological polar surface area (TPSA) is 35.5 Å². The molecule has 1 aliphatic heterocycles. The summed E-state index contributed by atoms with van der Waals surface area (Å²) in [5, 5.41) is 0. The number of esters is 1. The number of cyclic esters (lactones) is 1. The quantitative estimate of drug-likeness (QED) is 0.617. The highest BCUT2D eigenvalue weighted by Crippen LogP contribution is 2.31. The lowest BCUT2D eigenvalue weighted by Gasteiger charge is -2.37. The molecule has 0 saturated carbocycles. The molecule has 3 heteroatoms. The molecule has 0 aromatic carbocycles. The standard InChI is InChI=1S/C10H16O3/c1-5-7(2)10(4)12-8(3)6-9(11)13-10/h6-7H,5H2,1-4H3/t7-,10+/m1/s1. The highest BCUT2D eigenvalue weighted by atomic mass is 16.7. The number of hydrogen-bond acceptors (Lipinski definition) is 3. The van der Waals surface area contributed by atoms with E-state index in [0.717, 1.165) is 6.42 Å². The fourth-order valence-corrected chi connectivity index (χ4v) is 1.34. The van der Waals surface area contributed by atoms with E-state index in [0.29, 0.717) is 5.76 Å². The van der Waals surface area contributed by atoms with E-state index in [4.69, 9.17) is 9.47 Å². The van der Waals surface area contributed by atoms with Crippen molar-refractivity contribution in [3.8, 4) is 0 Å². The van der Waals surface area contributed by atoms with Crippen LogP contribution in [-0.2, 0) is 14.3 Å². The number of hydrogen-bond donors (Lipinski definition) is 0. The van der Waals surface area contributed by atoms with Crippen molar-refractivity contribution in [3.63, 3.8) is 0 Å². The molecule has 3 nitrogen and oxygen atoms in total. The molecule has 0 aliphatic carbocycles. The molecule has 1 rings (SSSR count). The molecule has 0 bridgehead atoms. The van der Waals surface area contributed by atoms with Crippen LogP contribution >= 0.6 is 0 Å². The van der Waals surface area contributed by atoms with Crippen LogP contribution in [0.3, 0.4) is 0 Å². The largest absolute Gasteiger partial charge is 0.457 e. The smallest absolute Gasteiger partial charge is 0.337 e. The van der Waals surface area contributed by atoms with E-state index in [1.807, 2.05) is 13.8 Å². The zero-order valence-corrected chi connectivity index (χ0v) is 8.59. The Morgan fingerprint density at radius 1 is 1.54 bits per heavy atom. The molecule has 0 aromatic heterocycles. The molecule has 0 N–H and O–H groups in total. The molecular weight excluding hydrogens is 168 g/mol. The SMILES string of the molecule is CC[C@@H](C)[C@]1(C)OC(=O)C=C(C)O1. The monoisotopic (exact) mass is 184 g/mol. The van der Waals surface area contributed by atoms with Crippen molar-refractivity contribution >= 4 is 5.97 Å². The molecule has 1 heterocycles. The summed E-state index contributed by atoms with van der Waals surface area (Å²) in [5.74, 6) is -0.282. The summed E-state index contributed by atoms with van der Waals surface area (Å²) in [5.41, 5.74) is 0. The first-order valence-electron chi connectivity index (χ1n) is 4.58. The van der Waals surface area contributed by atoms with Gasteiger partial charge >= 0.3 is 5.97 Å². The van der Waals surface area contributed by atoms with E-state index in [2.05, 4.69) is 0 Å². The third kappa shape index (κ3) is 2.02. The second kappa shape index (κ2) is 3.40. The van der Waals surface area contributed by atoms with Crippen LogP contribution in [0.1, 0.15) is 34.1 Å². The first kappa shape index (κ1) is 10.1. The van der Waals surface area contributed by atoms with Crippen LogP contribution in [0.4, 0.5) is 0 Å². The van der Waals surface area contributed by atoms with Gasteiger partial charge in [-0.05, 0) is 13.3 Å². The van der Waals surface area contributed by atoms with Gasteiger partial charge in [0, 0.05) is 12.8 Å². The molecule has 0 aromatic rings. The number of allylic oxidation sites excluding steroid dienone is 1. The second-order valence-electron chi connectivity index (χ2n) is 3.60. The van der Waals surface area contributed by atoms with Gasteiger partial charge in [-0.2, -0.15) is 0 Å². The number of carbonyl (C=O) groups is 1. The Morgan fingerprint density at radius 2 is 2.15 bits per heavy atom. The van der Waals surface area contributed by atoms with Crippen LogP contribution in [0, 0.1) is 5.92 Å². The minimum absolute atomic E-state index is 0.195. The second-order valence-corrected chi connectivity index (χ2v) is 3.60. The Bertz CT molecular complexity index is 245. The Hall–Kier alpha value is -0.990. The van der Waals surface area contributed by atoms with Crippen LogP contribution in [0.25, 0.3) is 0 Å². The molecule has 13 heavy (non-hydrogen) atoms. The fraction of sp³-hybridized carbons (Fsp3) is 0.700. The van der Waals surface area contributed by atoms with Crippen molar-refractivity contribution < 1.29 is 14.3 Å². The third-order valence-electron chi connectivity index (χ3n) is 2.50. The van der Waals surface area contributed by atoms with Gasteiger partial charge in [-0.25, -0.2) is 4.79 Å². The van der Waals surface area contributed by atoms with Crippen molar-refractivity contribution in [3.05, 3.63) is 11.8 Å². The number of ether oxygens (including phenoxy) is 2. The van der Waals surface area contributed by atoms with E-state index in [1.165, 1.54) is 6.08 Å². The van der Waals surface area contributed by atoms with Gasteiger partial charge in [-0.3, -0.25) is 0 Å². The summed E-state index contributed by atoms with van der Waals surface area (Å²) < 4.78 is 10.7. The van der Waals surface area contributed by atoms with Gasteiger partial charge < -0.3 is 9.47 Å². The Balaban J connectivity index is 2.83. The van der Waals surface area contributed by atoms with Crippen molar-refractivity contribution in [2.24, 2.45) is 5.92 Å². The molecule has 0 saturated heterocycles. The molecule has 0 amide bonds. The summed E-state index contributed by atoms with van der Waals surface area (Å²) in [6.07, 6.45) is 2.28. The first-order chi connectivity index (χ1) is 5.98. The predicted molar refractivity (Wildman–Crippen MR) is 48.8 cm³/mol. The van der Waals surface area contributed by atoms with E-state index in [9.17, 15) is 4.79 Å². The maximum Gasteiger partial charge on any atom is 0.337 e. The maximum atomic E-state index is 11.1. The molecule has 2 atom stereocenters. The minimum atomic E-state index is -0.787. The van der Waals surface area contributed by atoms with E-state index < -0.39 is 5.79 Å². The molecule has 0 fully saturated rings. The van der Waals surface area contributed by atoms with Gasteiger partial charge in [0.25, 0.3) is 5.79 Å². The molecule has 0 unspecified atom stereocenters. The lowest BCUT2D eigenvalue weighted by Crippen LogP contribution is -2.42. The summed E-state index contributed by atoms with van der Waals surface area (Å²) in [6.45, 7) is 7.61. The highest BCUT2D eigenvalue weighted by Gasteiger charge is 2.38. The van der Waals surface area contributed by atoms with Crippen molar-refractivity contribution in [2.75, 3.05) is 0 Å². The molecule has 0 spiro atoms. The van der Waals surface area contributed by atoms with Crippen LogP contribution in [0.15, 0.2) is 11.8 Å². The summed E-state index contributed by atoms with van der Waals surface area (Å²) in [6, 6.07) is 0. The third-order valence-corrected chi connectivity index (χ3v) is 2.50. The number of carbonyl (C=O) groups excluding carboxylic acids is 1. The molecule has 1 aliphatic rings. The average molecular weight is 184 g/mol. The predicted octanol–water partition coefficient (Wildman–Crippen LogP) is 2.23. The summed E-state index contributed by atoms with van der Waals surface area (Å²) >= 11 is 0. The van der Waals surface area contributed by atoms with Gasteiger partial charge in [-0.1, -0.05) is 13.8 Å². The number of rotatable bonds is 2. The average Bonchev–Trinajstić information content (AvgIpc) is 2.00. The highest BCUT2D eigenvalue weighted by molar-refractivity contribution is 5.83.